The van der Waals surface area contributed by atoms with E-state index in [1.54, 1.807) is 0 Å². The first-order chi connectivity index (χ1) is 6.20. The van der Waals surface area contributed by atoms with E-state index in [2.05, 4.69) is 9.59 Å². The highest BCUT2D eigenvalue weighted by Gasteiger charge is 2.05. The fraction of sp³-hybridized carbons (Fsp3) is 0.500. The Kier molecular flexibility index (Phi) is 4.47. The molecule has 0 amide bonds. The molecule has 1 aromatic rings. The SMILES string of the molecule is O=C(O)CCSCc1nnsc1Cl. The summed E-state index contributed by atoms with van der Waals surface area (Å²) in [6.45, 7) is 0. The molecule has 0 saturated carbocycles. The lowest BCUT2D eigenvalue weighted by Gasteiger charge is -1.95. The first-order valence-electron chi connectivity index (χ1n) is 3.46. The van der Waals surface area contributed by atoms with E-state index < -0.39 is 5.97 Å². The van der Waals surface area contributed by atoms with Crippen LogP contribution in [0.1, 0.15) is 12.1 Å². The predicted molar refractivity (Wildman–Crippen MR) is 53.3 cm³/mol. The fourth-order valence-electron chi connectivity index (χ4n) is 0.611. The Balaban J connectivity index is 2.20. The maximum absolute atomic E-state index is 10.2. The van der Waals surface area contributed by atoms with Gasteiger partial charge in [0.2, 0.25) is 0 Å². The molecule has 0 saturated heterocycles. The van der Waals surface area contributed by atoms with Crippen LogP contribution in [0.25, 0.3) is 0 Å². The van der Waals surface area contributed by atoms with Crippen molar-refractivity contribution in [3.05, 3.63) is 10.0 Å². The zero-order valence-electron chi connectivity index (χ0n) is 6.57. The maximum Gasteiger partial charge on any atom is 0.304 e. The molecule has 0 aliphatic carbocycles. The summed E-state index contributed by atoms with van der Waals surface area (Å²) in [7, 11) is 0. The van der Waals surface area contributed by atoms with Crippen molar-refractivity contribution in [3.8, 4) is 0 Å². The minimum Gasteiger partial charge on any atom is -0.481 e. The zero-order valence-corrected chi connectivity index (χ0v) is 8.95. The molecule has 0 aromatic carbocycles. The van der Waals surface area contributed by atoms with Gasteiger partial charge in [0.25, 0.3) is 0 Å². The quantitative estimate of drug-likeness (QED) is 0.794. The van der Waals surface area contributed by atoms with Crippen LogP contribution in [0.3, 0.4) is 0 Å². The lowest BCUT2D eigenvalue weighted by atomic mass is 10.5. The Hall–Kier alpha value is -0.330. The molecule has 0 radical (unpaired) electrons. The average molecular weight is 239 g/mol. The topological polar surface area (TPSA) is 63.1 Å². The van der Waals surface area contributed by atoms with Gasteiger partial charge in [-0.3, -0.25) is 4.79 Å². The van der Waals surface area contributed by atoms with Crippen molar-refractivity contribution in [2.24, 2.45) is 0 Å². The minimum absolute atomic E-state index is 0.167. The molecular weight excluding hydrogens is 232 g/mol. The van der Waals surface area contributed by atoms with Crippen LogP contribution in [0.5, 0.6) is 0 Å². The van der Waals surface area contributed by atoms with E-state index in [1.165, 1.54) is 11.8 Å². The molecule has 72 valence electrons. The number of nitrogens with zero attached hydrogens (tertiary/aromatic N) is 2. The van der Waals surface area contributed by atoms with Crippen molar-refractivity contribution in [1.82, 2.24) is 9.59 Å². The number of halogens is 1. The third-order valence-corrected chi connectivity index (χ3v) is 3.16. The smallest absolute Gasteiger partial charge is 0.304 e. The predicted octanol–water partition coefficient (Wildman–Crippen LogP) is 1.90. The number of carbonyl (C=O) groups is 1. The van der Waals surface area contributed by atoms with E-state index in [0.29, 0.717) is 15.8 Å². The van der Waals surface area contributed by atoms with E-state index in [9.17, 15) is 4.79 Å². The normalized spacial score (nSPS) is 10.2. The number of hydrogen-bond acceptors (Lipinski definition) is 5. The first-order valence-corrected chi connectivity index (χ1v) is 5.77. The Morgan fingerprint density at radius 1 is 1.69 bits per heavy atom. The third-order valence-electron chi connectivity index (χ3n) is 1.21. The second-order valence-electron chi connectivity index (χ2n) is 2.19. The molecule has 0 bridgehead atoms. The second-order valence-corrected chi connectivity index (χ2v) is 4.65. The highest BCUT2D eigenvalue weighted by Crippen LogP contribution is 2.21. The van der Waals surface area contributed by atoms with Crippen molar-refractivity contribution in [2.75, 3.05) is 5.75 Å². The first kappa shape index (κ1) is 10.7. The van der Waals surface area contributed by atoms with E-state index in [4.69, 9.17) is 16.7 Å². The summed E-state index contributed by atoms with van der Waals surface area (Å²) in [5.41, 5.74) is 0.738. The van der Waals surface area contributed by atoms with Gasteiger partial charge in [-0.1, -0.05) is 16.1 Å². The van der Waals surface area contributed by atoms with Crippen LogP contribution in [-0.4, -0.2) is 26.4 Å². The van der Waals surface area contributed by atoms with Crippen LogP contribution >= 0.6 is 34.9 Å². The summed E-state index contributed by atoms with van der Waals surface area (Å²) in [5.74, 6) is 0.418. The molecule has 13 heavy (non-hydrogen) atoms. The summed E-state index contributed by atoms with van der Waals surface area (Å²) >= 11 is 8.38. The highest BCUT2D eigenvalue weighted by atomic mass is 35.5. The number of carboxylic acid groups (broad SMARTS) is 1. The molecule has 0 aliphatic rings. The van der Waals surface area contributed by atoms with Gasteiger partial charge in [-0.25, -0.2) is 0 Å². The third kappa shape index (κ3) is 3.93. The summed E-state index contributed by atoms with van der Waals surface area (Å²) < 4.78 is 4.25. The second kappa shape index (κ2) is 5.41. The molecule has 4 nitrogen and oxygen atoms in total. The Morgan fingerprint density at radius 2 is 2.46 bits per heavy atom. The van der Waals surface area contributed by atoms with Gasteiger partial charge in [0.05, 0.1) is 6.42 Å². The van der Waals surface area contributed by atoms with Crippen LogP contribution in [0.2, 0.25) is 4.34 Å². The van der Waals surface area contributed by atoms with Gasteiger partial charge in [-0.05, 0) is 0 Å². The monoisotopic (exact) mass is 238 g/mol. The van der Waals surface area contributed by atoms with Crippen molar-refractivity contribution >= 4 is 40.9 Å². The van der Waals surface area contributed by atoms with Gasteiger partial charge >= 0.3 is 5.97 Å². The molecule has 1 rings (SSSR count). The van der Waals surface area contributed by atoms with Crippen LogP contribution in [0.15, 0.2) is 0 Å². The van der Waals surface area contributed by atoms with Gasteiger partial charge in [-0.2, -0.15) is 11.8 Å². The van der Waals surface area contributed by atoms with Crippen LogP contribution in [0, 0.1) is 0 Å². The van der Waals surface area contributed by atoms with E-state index in [1.807, 2.05) is 0 Å². The molecule has 0 unspecified atom stereocenters. The Labute approximate surface area is 88.5 Å². The van der Waals surface area contributed by atoms with Gasteiger partial charge in [-0.15, -0.1) is 5.10 Å². The average Bonchev–Trinajstić information content (AvgIpc) is 2.45. The molecule has 0 spiro atoms. The van der Waals surface area contributed by atoms with Crippen LogP contribution < -0.4 is 0 Å². The molecule has 1 heterocycles. The van der Waals surface area contributed by atoms with E-state index in [0.717, 1.165) is 17.2 Å². The molecular formula is C6H7ClN2O2S2. The number of aromatic nitrogens is 2. The van der Waals surface area contributed by atoms with Crippen molar-refractivity contribution < 1.29 is 9.90 Å². The number of carboxylic acids is 1. The molecule has 0 atom stereocenters. The molecule has 1 N–H and O–H groups in total. The Morgan fingerprint density at radius 3 is 3.00 bits per heavy atom. The van der Waals surface area contributed by atoms with E-state index >= 15 is 0 Å². The van der Waals surface area contributed by atoms with Crippen molar-refractivity contribution in [1.29, 1.82) is 0 Å². The standard InChI is InChI=1S/C6H7ClN2O2S2/c7-6-4(8-9-13-6)3-12-2-1-5(10)11/h1-3H2,(H,10,11). The molecule has 0 fully saturated rings. The summed E-state index contributed by atoms with van der Waals surface area (Å²) in [6.07, 6.45) is 0.167. The lowest BCUT2D eigenvalue weighted by molar-refractivity contribution is -0.136. The summed E-state index contributed by atoms with van der Waals surface area (Å²) in [6, 6.07) is 0. The number of thioether (sulfide) groups is 1. The maximum atomic E-state index is 10.2. The molecule has 1 aromatic heterocycles. The molecule has 0 aliphatic heterocycles. The largest absolute Gasteiger partial charge is 0.481 e. The zero-order chi connectivity index (χ0) is 9.68. The summed E-state index contributed by atoms with van der Waals surface area (Å²) in [5, 5.41) is 12.2. The van der Waals surface area contributed by atoms with Crippen LogP contribution in [-0.2, 0) is 10.5 Å². The highest BCUT2D eigenvalue weighted by molar-refractivity contribution is 7.98. The summed E-state index contributed by atoms with van der Waals surface area (Å²) in [4.78, 5) is 10.2. The number of hydrogen-bond donors (Lipinski definition) is 1. The molecule has 7 heteroatoms. The van der Waals surface area contributed by atoms with Gasteiger partial charge in [0.15, 0.2) is 0 Å². The lowest BCUT2D eigenvalue weighted by Crippen LogP contribution is -1.96. The Bertz CT molecular complexity index is 292. The van der Waals surface area contributed by atoms with Crippen LogP contribution in [0.4, 0.5) is 0 Å². The van der Waals surface area contributed by atoms with Gasteiger partial charge in [0, 0.05) is 23.0 Å². The fourth-order valence-corrected chi connectivity index (χ4v) is 2.27. The van der Waals surface area contributed by atoms with Gasteiger partial charge < -0.3 is 5.11 Å². The number of rotatable bonds is 5. The van der Waals surface area contributed by atoms with E-state index in [-0.39, 0.29) is 6.42 Å². The van der Waals surface area contributed by atoms with Crippen molar-refractivity contribution in [2.45, 2.75) is 12.2 Å². The van der Waals surface area contributed by atoms with Crippen molar-refractivity contribution in [3.63, 3.8) is 0 Å². The number of aliphatic carboxylic acids is 1. The minimum atomic E-state index is -0.782. The van der Waals surface area contributed by atoms with Gasteiger partial charge in [0.1, 0.15) is 10.0 Å².